The molecule has 0 aliphatic carbocycles. The second kappa shape index (κ2) is 8.41. The highest BCUT2D eigenvalue weighted by Gasteiger charge is 2.19. The molecule has 7 heteroatoms. The van der Waals surface area contributed by atoms with Crippen molar-refractivity contribution in [3.63, 3.8) is 0 Å². The SMILES string of the molecule is CCc1nnc(OCCCN(C)C)c(C(N)=NO)c1CC. The van der Waals surface area contributed by atoms with Gasteiger partial charge >= 0.3 is 0 Å². The second-order valence-electron chi connectivity index (χ2n) is 5.00. The van der Waals surface area contributed by atoms with E-state index < -0.39 is 0 Å². The lowest BCUT2D eigenvalue weighted by Crippen LogP contribution is -2.21. The van der Waals surface area contributed by atoms with E-state index in [1.807, 2.05) is 27.9 Å². The first kappa shape index (κ1) is 17.2. The standard InChI is InChI=1S/C14H25N5O2/c1-5-10-11(6-2)16-17-14(12(10)13(15)18-20)21-9-7-8-19(3)4/h20H,5-9H2,1-4H3,(H2,15,18). The van der Waals surface area contributed by atoms with Gasteiger partial charge in [-0.2, -0.15) is 5.10 Å². The Morgan fingerprint density at radius 2 is 2.00 bits per heavy atom. The number of oxime groups is 1. The van der Waals surface area contributed by atoms with E-state index in [0.717, 1.165) is 37.1 Å². The van der Waals surface area contributed by atoms with Crippen molar-refractivity contribution in [3.8, 4) is 5.88 Å². The van der Waals surface area contributed by atoms with Gasteiger partial charge in [0.2, 0.25) is 5.88 Å². The molecule has 0 fully saturated rings. The summed E-state index contributed by atoms with van der Waals surface area (Å²) in [5.41, 5.74) is 8.11. The van der Waals surface area contributed by atoms with Crippen molar-refractivity contribution in [1.82, 2.24) is 15.1 Å². The summed E-state index contributed by atoms with van der Waals surface area (Å²) in [5, 5.41) is 20.4. The lowest BCUT2D eigenvalue weighted by Gasteiger charge is -2.15. The quantitative estimate of drug-likeness (QED) is 0.244. The average molecular weight is 295 g/mol. The predicted octanol–water partition coefficient (Wildman–Crippen LogP) is 1.03. The van der Waals surface area contributed by atoms with E-state index in [1.54, 1.807) is 0 Å². The Hall–Kier alpha value is -1.89. The van der Waals surface area contributed by atoms with Crippen molar-refractivity contribution in [2.24, 2.45) is 10.9 Å². The molecule has 0 aliphatic heterocycles. The van der Waals surface area contributed by atoms with Gasteiger partial charge in [0, 0.05) is 6.54 Å². The molecule has 0 saturated heterocycles. The van der Waals surface area contributed by atoms with Gasteiger partial charge in [-0.25, -0.2) is 0 Å². The summed E-state index contributed by atoms with van der Waals surface area (Å²) in [4.78, 5) is 2.08. The fourth-order valence-electron chi connectivity index (χ4n) is 2.12. The number of aromatic nitrogens is 2. The van der Waals surface area contributed by atoms with E-state index in [9.17, 15) is 0 Å². The van der Waals surface area contributed by atoms with Crippen LogP contribution in [0.5, 0.6) is 5.88 Å². The van der Waals surface area contributed by atoms with Gasteiger partial charge in [0.15, 0.2) is 5.84 Å². The lowest BCUT2D eigenvalue weighted by molar-refractivity contribution is 0.269. The molecule has 0 amide bonds. The summed E-state index contributed by atoms with van der Waals surface area (Å²) in [6, 6.07) is 0. The molecule has 118 valence electrons. The summed E-state index contributed by atoms with van der Waals surface area (Å²) >= 11 is 0. The molecule has 1 aromatic heterocycles. The molecule has 1 heterocycles. The van der Waals surface area contributed by atoms with Gasteiger partial charge in [0.25, 0.3) is 0 Å². The summed E-state index contributed by atoms with van der Waals surface area (Å²) in [6.45, 7) is 5.42. The number of rotatable bonds is 8. The maximum Gasteiger partial charge on any atom is 0.244 e. The number of ether oxygens (including phenoxy) is 1. The molecule has 0 radical (unpaired) electrons. The van der Waals surface area contributed by atoms with E-state index >= 15 is 0 Å². The van der Waals surface area contributed by atoms with Crippen LogP contribution in [-0.4, -0.2) is 53.4 Å². The number of amidine groups is 1. The third kappa shape index (κ3) is 4.56. The minimum absolute atomic E-state index is 0.0130. The summed E-state index contributed by atoms with van der Waals surface area (Å²) in [6.07, 6.45) is 2.32. The smallest absolute Gasteiger partial charge is 0.244 e. The number of aryl methyl sites for hydroxylation is 1. The summed E-state index contributed by atoms with van der Waals surface area (Å²) in [7, 11) is 4.01. The van der Waals surface area contributed by atoms with Crippen molar-refractivity contribution in [2.75, 3.05) is 27.2 Å². The molecule has 1 aromatic rings. The molecule has 0 unspecified atom stereocenters. The molecule has 0 aromatic carbocycles. The van der Waals surface area contributed by atoms with Crippen molar-refractivity contribution >= 4 is 5.84 Å². The van der Waals surface area contributed by atoms with Crippen molar-refractivity contribution in [1.29, 1.82) is 0 Å². The first-order chi connectivity index (χ1) is 10.0. The number of nitrogens with zero attached hydrogens (tertiary/aromatic N) is 4. The highest BCUT2D eigenvalue weighted by Crippen LogP contribution is 2.22. The Balaban J connectivity index is 3.02. The van der Waals surface area contributed by atoms with Gasteiger partial charge in [-0.3, -0.25) is 0 Å². The Kier molecular flexibility index (Phi) is 6.87. The Morgan fingerprint density at radius 3 is 2.52 bits per heavy atom. The molecule has 0 spiro atoms. The number of nitrogens with two attached hydrogens (primary N) is 1. The van der Waals surface area contributed by atoms with E-state index in [0.29, 0.717) is 18.1 Å². The zero-order valence-electron chi connectivity index (χ0n) is 13.3. The highest BCUT2D eigenvalue weighted by molar-refractivity contribution is 6.00. The van der Waals surface area contributed by atoms with E-state index in [1.165, 1.54) is 0 Å². The van der Waals surface area contributed by atoms with Crippen LogP contribution in [0.25, 0.3) is 0 Å². The topological polar surface area (TPSA) is 96.9 Å². The molecule has 1 rings (SSSR count). The largest absolute Gasteiger partial charge is 0.476 e. The fourth-order valence-corrected chi connectivity index (χ4v) is 2.12. The van der Waals surface area contributed by atoms with Crippen LogP contribution >= 0.6 is 0 Å². The first-order valence-electron chi connectivity index (χ1n) is 7.18. The molecule has 0 atom stereocenters. The second-order valence-corrected chi connectivity index (χ2v) is 5.00. The fraction of sp³-hybridized carbons (Fsp3) is 0.643. The molecule has 21 heavy (non-hydrogen) atoms. The van der Waals surface area contributed by atoms with Gasteiger partial charge in [0.1, 0.15) is 0 Å². The van der Waals surface area contributed by atoms with E-state index in [2.05, 4.69) is 20.3 Å². The monoisotopic (exact) mass is 295 g/mol. The number of hydrogen-bond acceptors (Lipinski definition) is 6. The lowest BCUT2D eigenvalue weighted by atomic mass is 10.0. The maximum atomic E-state index is 8.99. The van der Waals surface area contributed by atoms with Gasteiger partial charge in [-0.1, -0.05) is 19.0 Å². The van der Waals surface area contributed by atoms with Gasteiger partial charge in [-0.15, -0.1) is 5.10 Å². The Bertz CT molecular complexity index is 488. The minimum Gasteiger partial charge on any atom is -0.476 e. The van der Waals surface area contributed by atoms with Crippen molar-refractivity contribution in [2.45, 2.75) is 33.1 Å². The van der Waals surface area contributed by atoms with Crippen LogP contribution < -0.4 is 10.5 Å². The summed E-state index contributed by atoms with van der Waals surface area (Å²) < 4.78 is 5.68. The maximum absolute atomic E-state index is 8.99. The van der Waals surface area contributed by atoms with Crippen LogP contribution in [0.1, 0.15) is 37.1 Å². The van der Waals surface area contributed by atoms with Crippen molar-refractivity contribution in [3.05, 3.63) is 16.8 Å². The number of hydrogen-bond donors (Lipinski definition) is 2. The van der Waals surface area contributed by atoms with E-state index in [4.69, 9.17) is 15.7 Å². The Labute approximate surface area is 125 Å². The highest BCUT2D eigenvalue weighted by atomic mass is 16.5. The van der Waals surface area contributed by atoms with Gasteiger partial charge in [0.05, 0.1) is 17.9 Å². The normalized spacial score (nSPS) is 12.0. The molecule has 0 aliphatic rings. The van der Waals surface area contributed by atoms with E-state index in [-0.39, 0.29) is 5.84 Å². The van der Waals surface area contributed by atoms with Crippen LogP contribution in [0.2, 0.25) is 0 Å². The Morgan fingerprint density at radius 1 is 1.29 bits per heavy atom. The van der Waals surface area contributed by atoms with Crippen LogP contribution in [0.3, 0.4) is 0 Å². The predicted molar refractivity (Wildman–Crippen MR) is 82.0 cm³/mol. The van der Waals surface area contributed by atoms with Gasteiger partial charge in [-0.05, 0) is 38.9 Å². The van der Waals surface area contributed by atoms with Crippen LogP contribution in [0.4, 0.5) is 0 Å². The third-order valence-electron chi connectivity index (χ3n) is 3.17. The van der Waals surface area contributed by atoms with Crippen LogP contribution in [-0.2, 0) is 12.8 Å². The molecule has 0 saturated carbocycles. The van der Waals surface area contributed by atoms with Crippen molar-refractivity contribution < 1.29 is 9.94 Å². The van der Waals surface area contributed by atoms with Gasteiger partial charge < -0.3 is 20.6 Å². The molecule has 3 N–H and O–H groups in total. The molecular formula is C14H25N5O2. The zero-order chi connectivity index (χ0) is 15.8. The average Bonchev–Trinajstić information content (AvgIpc) is 2.49. The summed E-state index contributed by atoms with van der Waals surface area (Å²) in [5.74, 6) is 0.345. The van der Waals surface area contributed by atoms with Crippen LogP contribution in [0, 0.1) is 0 Å². The third-order valence-corrected chi connectivity index (χ3v) is 3.17. The molecule has 0 bridgehead atoms. The minimum atomic E-state index is 0.0130. The molecule has 7 nitrogen and oxygen atoms in total. The molecular weight excluding hydrogens is 270 g/mol. The zero-order valence-corrected chi connectivity index (χ0v) is 13.3. The first-order valence-corrected chi connectivity index (χ1v) is 7.18. The van der Waals surface area contributed by atoms with Crippen LogP contribution in [0.15, 0.2) is 5.16 Å².